The van der Waals surface area contributed by atoms with Gasteiger partial charge in [0.1, 0.15) is 12.7 Å². The Kier molecular flexibility index (Phi) is 10.3. The molecule has 5 aliphatic rings. The number of benzene rings is 1. The molecule has 3 N–H and O–H groups in total. The molecule has 270 valence electrons. The fourth-order valence-corrected chi connectivity index (χ4v) is 11.7. The van der Waals surface area contributed by atoms with Crippen LogP contribution in [-0.2, 0) is 25.5 Å². The minimum atomic E-state index is -1.55. The topological polar surface area (TPSA) is 113 Å². The van der Waals surface area contributed by atoms with E-state index in [2.05, 4.69) is 38.1 Å². The van der Waals surface area contributed by atoms with E-state index in [1.807, 2.05) is 25.1 Å². The molecule has 1 aromatic rings. The van der Waals surface area contributed by atoms with E-state index in [1.165, 1.54) is 25.0 Å². The zero-order valence-electron chi connectivity index (χ0n) is 30.3. The zero-order chi connectivity index (χ0) is 35.1. The maximum Gasteiger partial charge on any atom is 0.331 e. The van der Waals surface area contributed by atoms with Gasteiger partial charge in [0.05, 0.1) is 22.7 Å². The predicted octanol–water partition coefficient (Wildman–Crippen LogP) is 7.41. The molecule has 49 heavy (non-hydrogen) atoms. The number of esters is 2. The Hall–Kier alpha value is -2.48. The summed E-state index contributed by atoms with van der Waals surface area (Å²) in [6.45, 7) is 8.19. The van der Waals surface area contributed by atoms with Gasteiger partial charge in [-0.25, -0.2) is 4.79 Å². The van der Waals surface area contributed by atoms with Crippen molar-refractivity contribution < 1.29 is 34.4 Å². The molecule has 1 aliphatic heterocycles. The summed E-state index contributed by atoms with van der Waals surface area (Å²) >= 11 is 0. The third kappa shape index (κ3) is 6.24. The van der Waals surface area contributed by atoms with Gasteiger partial charge < -0.3 is 24.8 Å². The summed E-state index contributed by atoms with van der Waals surface area (Å²) in [5.41, 5.74) is -3.64. The number of hydrogen-bond acceptors (Lipinski definition) is 7. The van der Waals surface area contributed by atoms with Crippen LogP contribution in [0.5, 0.6) is 0 Å². The lowest BCUT2D eigenvalue weighted by Crippen LogP contribution is -2.83. The van der Waals surface area contributed by atoms with E-state index in [9.17, 15) is 24.9 Å². The molecule has 0 unspecified atom stereocenters. The minimum Gasteiger partial charge on any atom is -0.462 e. The van der Waals surface area contributed by atoms with Gasteiger partial charge in [-0.2, -0.15) is 0 Å². The van der Waals surface area contributed by atoms with E-state index >= 15 is 0 Å². The summed E-state index contributed by atoms with van der Waals surface area (Å²) < 4.78 is 11.5. The summed E-state index contributed by atoms with van der Waals surface area (Å²) in [5.74, 6) is -0.555. The molecule has 3 saturated carbocycles. The second-order valence-corrected chi connectivity index (χ2v) is 17.1. The monoisotopic (exact) mass is 676 g/mol. The van der Waals surface area contributed by atoms with Gasteiger partial charge in [-0.15, -0.1) is 0 Å². The van der Waals surface area contributed by atoms with Gasteiger partial charge in [0.15, 0.2) is 0 Å². The van der Waals surface area contributed by atoms with Crippen molar-refractivity contribution in [3.05, 3.63) is 59.7 Å². The first-order valence-electron chi connectivity index (χ1n) is 19.2. The molecule has 0 saturated heterocycles. The Morgan fingerprint density at radius 1 is 1.00 bits per heavy atom. The average Bonchev–Trinajstić information content (AvgIpc) is 3.50. The Labute approximate surface area is 293 Å². The van der Waals surface area contributed by atoms with Crippen molar-refractivity contribution in [2.75, 3.05) is 6.61 Å². The van der Waals surface area contributed by atoms with Gasteiger partial charge in [-0.3, -0.25) is 4.79 Å². The van der Waals surface area contributed by atoms with Crippen molar-refractivity contribution in [2.24, 2.45) is 34.0 Å². The maximum atomic E-state index is 13.7. The van der Waals surface area contributed by atoms with E-state index < -0.39 is 40.2 Å². The Bertz CT molecular complexity index is 1410. The number of fused-ring (bicyclic) bond motifs is 1. The molecule has 0 radical (unpaired) electrons. The Balaban J connectivity index is 1.42. The smallest absolute Gasteiger partial charge is 0.331 e. The van der Waals surface area contributed by atoms with Crippen LogP contribution in [0.2, 0.25) is 0 Å². The van der Waals surface area contributed by atoms with Crippen LogP contribution in [0.3, 0.4) is 0 Å². The third-order valence-corrected chi connectivity index (χ3v) is 14.2. The SMILES string of the molecule is CC(=O)O[C@@H]1C[C@]2(C)C=C[C@@](O)(CC[C@H](C)CCCc3ccccc3)[C@]3([C@@H]1[C@](C)(C1CCCCC1)CC[C@@H]3O)[C@@]2(O)CCC1=CC(=O)OC1. The van der Waals surface area contributed by atoms with Crippen molar-refractivity contribution in [1.82, 2.24) is 0 Å². The standard InChI is InChI=1S/C42H60O7/c1-29(12-11-15-31-13-7-5-8-14-31)18-22-40(46)25-24-38(3)27-34(49-30(2)43)37-39(4,33-16-9-6-10-17-33)21-20-35(44)42(37,40)41(38,47)23-19-32-26-36(45)48-28-32/h5,7-8,13-14,24-26,29,33-35,37,44,46-47H,6,9-12,15-23,27-28H2,1-4H3/t29-,34-,35+,37+,38+,39+,40+,41-,42+/m1/s1. The van der Waals surface area contributed by atoms with Crippen LogP contribution >= 0.6 is 0 Å². The predicted molar refractivity (Wildman–Crippen MR) is 189 cm³/mol. The highest BCUT2D eigenvalue weighted by atomic mass is 16.5. The van der Waals surface area contributed by atoms with Gasteiger partial charge >= 0.3 is 11.9 Å². The summed E-state index contributed by atoms with van der Waals surface area (Å²) in [6.07, 6.45) is 15.9. The largest absolute Gasteiger partial charge is 0.462 e. The first-order valence-corrected chi connectivity index (χ1v) is 19.2. The van der Waals surface area contributed by atoms with Crippen LogP contribution in [0.25, 0.3) is 0 Å². The quantitative estimate of drug-likeness (QED) is 0.156. The third-order valence-electron chi connectivity index (χ3n) is 14.2. The first-order chi connectivity index (χ1) is 23.3. The number of hydrogen-bond donors (Lipinski definition) is 3. The molecular formula is C42H60O7. The van der Waals surface area contributed by atoms with Gasteiger partial charge in [-0.05, 0) is 99.0 Å². The van der Waals surface area contributed by atoms with E-state index in [1.54, 1.807) is 0 Å². The lowest BCUT2D eigenvalue weighted by atomic mass is 9.31. The number of aliphatic hydroxyl groups excluding tert-OH is 1. The van der Waals surface area contributed by atoms with Crippen molar-refractivity contribution in [2.45, 2.75) is 147 Å². The van der Waals surface area contributed by atoms with Gasteiger partial charge in [0, 0.05) is 24.3 Å². The number of cyclic esters (lactones) is 1. The number of ether oxygens (including phenoxy) is 2. The van der Waals surface area contributed by atoms with Crippen LogP contribution in [0.1, 0.15) is 123 Å². The summed E-state index contributed by atoms with van der Waals surface area (Å²) in [4.78, 5) is 24.9. The lowest BCUT2D eigenvalue weighted by molar-refractivity contribution is -0.362. The molecule has 3 fully saturated rings. The normalized spacial score (nSPS) is 39.5. The fraction of sp³-hybridized carbons (Fsp3) is 0.714. The molecule has 1 heterocycles. The highest BCUT2D eigenvalue weighted by Gasteiger charge is 2.81. The molecule has 4 aliphatic carbocycles. The average molecular weight is 677 g/mol. The van der Waals surface area contributed by atoms with Crippen molar-refractivity contribution in [3.8, 4) is 0 Å². The van der Waals surface area contributed by atoms with Gasteiger partial charge in [0.25, 0.3) is 0 Å². The molecule has 0 amide bonds. The molecule has 7 nitrogen and oxygen atoms in total. The molecule has 1 spiro atoms. The Morgan fingerprint density at radius 3 is 2.41 bits per heavy atom. The van der Waals surface area contributed by atoms with E-state index in [-0.39, 0.29) is 30.4 Å². The number of carbonyl (C=O) groups excluding carboxylic acids is 2. The maximum absolute atomic E-state index is 13.7. The lowest BCUT2D eigenvalue weighted by Gasteiger charge is -2.76. The van der Waals surface area contributed by atoms with Crippen molar-refractivity contribution in [3.63, 3.8) is 0 Å². The summed E-state index contributed by atoms with van der Waals surface area (Å²) in [6, 6.07) is 10.5. The van der Waals surface area contributed by atoms with E-state index in [4.69, 9.17) is 9.47 Å². The summed E-state index contributed by atoms with van der Waals surface area (Å²) in [7, 11) is 0. The molecule has 7 heteroatoms. The van der Waals surface area contributed by atoms with Gasteiger partial charge in [0.2, 0.25) is 0 Å². The van der Waals surface area contributed by atoms with Crippen LogP contribution in [0, 0.1) is 34.0 Å². The van der Waals surface area contributed by atoms with Crippen LogP contribution in [0.15, 0.2) is 54.1 Å². The van der Waals surface area contributed by atoms with Crippen LogP contribution in [0.4, 0.5) is 0 Å². The molecule has 9 atom stereocenters. The molecular weight excluding hydrogens is 616 g/mol. The summed E-state index contributed by atoms with van der Waals surface area (Å²) in [5, 5.41) is 39.7. The highest BCUT2D eigenvalue weighted by molar-refractivity contribution is 5.85. The van der Waals surface area contributed by atoms with Crippen LogP contribution < -0.4 is 0 Å². The van der Waals surface area contributed by atoms with Crippen LogP contribution in [-0.4, -0.2) is 57.3 Å². The Morgan fingerprint density at radius 2 is 1.73 bits per heavy atom. The van der Waals surface area contributed by atoms with Crippen molar-refractivity contribution in [1.29, 1.82) is 0 Å². The number of aryl methyl sites for hydroxylation is 1. The highest BCUT2D eigenvalue weighted by Crippen LogP contribution is 2.75. The molecule has 1 aromatic carbocycles. The van der Waals surface area contributed by atoms with Crippen molar-refractivity contribution >= 4 is 11.9 Å². The second kappa shape index (κ2) is 13.9. The molecule has 0 aromatic heterocycles. The number of rotatable bonds is 12. The first kappa shape index (κ1) is 36.3. The second-order valence-electron chi connectivity index (χ2n) is 17.1. The molecule has 2 bridgehead atoms. The number of carbonyl (C=O) groups is 2. The van der Waals surface area contributed by atoms with E-state index in [0.717, 1.165) is 63.4 Å². The van der Waals surface area contributed by atoms with E-state index in [0.29, 0.717) is 37.5 Å². The minimum absolute atomic E-state index is 0.196. The fourth-order valence-electron chi connectivity index (χ4n) is 11.7. The zero-order valence-corrected chi connectivity index (χ0v) is 30.3. The van der Waals surface area contributed by atoms with Gasteiger partial charge in [-0.1, -0.05) is 88.9 Å². The molecule has 6 rings (SSSR count). The number of aliphatic hydroxyl groups is 3.